The number of aromatic nitrogens is 4. The summed E-state index contributed by atoms with van der Waals surface area (Å²) >= 11 is 1.52. The molecule has 0 radical (unpaired) electrons. The van der Waals surface area contributed by atoms with E-state index in [1.807, 2.05) is 53.3 Å². The van der Waals surface area contributed by atoms with E-state index in [0.29, 0.717) is 11.7 Å². The molecule has 4 rings (SSSR count). The van der Waals surface area contributed by atoms with Crippen LogP contribution in [-0.2, 0) is 11.3 Å². The second kappa shape index (κ2) is 6.48. The number of para-hydroxylation sites is 2. The van der Waals surface area contributed by atoms with Crippen LogP contribution in [0.2, 0.25) is 0 Å². The maximum atomic E-state index is 12.5. The molecule has 1 aromatic carbocycles. The van der Waals surface area contributed by atoms with Crippen LogP contribution >= 0.6 is 11.3 Å². The van der Waals surface area contributed by atoms with Crippen molar-refractivity contribution in [2.24, 2.45) is 0 Å². The average Bonchev–Trinajstić information content (AvgIpc) is 3.38. The smallest absolute Gasteiger partial charge is 0.268 e. The number of fused-ring (bicyclic) bond motifs is 1. The van der Waals surface area contributed by atoms with Gasteiger partial charge in [0.05, 0.1) is 28.8 Å². The first-order valence-corrected chi connectivity index (χ1v) is 8.66. The standard InChI is InChI=1S/C17H15N5O2S/c1-11(22-10-19-12-5-2-3-6-13(12)22)16(23)18-9-15-20-17(24-21-15)14-7-4-8-25-14/h2-8,10-11H,9H2,1H3,(H,18,23). The largest absolute Gasteiger partial charge is 0.347 e. The topological polar surface area (TPSA) is 85.8 Å². The number of rotatable bonds is 5. The van der Waals surface area contributed by atoms with Crippen LogP contribution in [0.1, 0.15) is 18.8 Å². The van der Waals surface area contributed by atoms with Crippen molar-refractivity contribution in [2.75, 3.05) is 0 Å². The second-order valence-corrected chi connectivity index (χ2v) is 6.48. The number of hydrogen-bond donors (Lipinski definition) is 1. The van der Waals surface area contributed by atoms with E-state index in [1.165, 1.54) is 11.3 Å². The molecule has 0 aliphatic carbocycles. The van der Waals surface area contributed by atoms with Gasteiger partial charge in [-0.1, -0.05) is 23.4 Å². The fourth-order valence-electron chi connectivity index (χ4n) is 2.55. The minimum atomic E-state index is -0.393. The zero-order valence-corrected chi connectivity index (χ0v) is 14.2. The molecule has 126 valence electrons. The minimum Gasteiger partial charge on any atom is -0.347 e. The molecule has 1 N–H and O–H groups in total. The lowest BCUT2D eigenvalue weighted by atomic mass is 10.2. The van der Waals surface area contributed by atoms with E-state index in [2.05, 4.69) is 20.4 Å². The first-order chi connectivity index (χ1) is 12.2. The molecule has 0 bridgehead atoms. The van der Waals surface area contributed by atoms with Crippen LogP contribution in [0.3, 0.4) is 0 Å². The van der Waals surface area contributed by atoms with Crippen LogP contribution < -0.4 is 5.32 Å². The second-order valence-electron chi connectivity index (χ2n) is 5.53. The number of amides is 1. The highest BCUT2D eigenvalue weighted by Gasteiger charge is 2.18. The highest BCUT2D eigenvalue weighted by molar-refractivity contribution is 7.13. The zero-order chi connectivity index (χ0) is 17.2. The van der Waals surface area contributed by atoms with Gasteiger partial charge in [0, 0.05) is 0 Å². The molecule has 3 heterocycles. The van der Waals surface area contributed by atoms with Crippen molar-refractivity contribution in [2.45, 2.75) is 19.5 Å². The van der Waals surface area contributed by atoms with Crippen LogP contribution in [0.4, 0.5) is 0 Å². The number of imidazole rings is 1. The average molecular weight is 353 g/mol. The Morgan fingerprint density at radius 3 is 3.04 bits per heavy atom. The molecule has 0 saturated heterocycles. The molecule has 1 unspecified atom stereocenters. The number of thiophene rings is 1. The summed E-state index contributed by atoms with van der Waals surface area (Å²) in [4.78, 5) is 22.0. The summed E-state index contributed by atoms with van der Waals surface area (Å²) in [5.41, 5.74) is 1.78. The number of carbonyl (C=O) groups is 1. The third-order valence-corrected chi connectivity index (χ3v) is 4.76. The molecule has 0 aliphatic rings. The lowest BCUT2D eigenvalue weighted by molar-refractivity contribution is -0.124. The lowest BCUT2D eigenvalue weighted by Crippen LogP contribution is -2.30. The van der Waals surface area contributed by atoms with Crippen LogP contribution in [0.25, 0.3) is 21.8 Å². The Hall–Kier alpha value is -3.00. The monoisotopic (exact) mass is 353 g/mol. The highest BCUT2D eigenvalue weighted by atomic mass is 32.1. The summed E-state index contributed by atoms with van der Waals surface area (Å²) in [5, 5.41) is 8.69. The summed E-state index contributed by atoms with van der Waals surface area (Å²) in [6.07, 6.45) is 1.68. The van der Waals surface area contributed by atoms with E-state index in [-0.39, 0.29) is 12.5 Å². The predicted octanol–water partition coefficient (Wildman–Crippen LogP) is 3.03. The molecule has 0 fully saturated rings. The van der Waals surface area contributed by atoms with E-state index in [4.69, 9.17) is 4.52 Å². The van der Waals surface area contributed by atoms with E-state index in [9.17, 15) is 4.79 Å². The van der Waals surface area contributed by atoms with Gasteiger partial charge in [-0.25, -0.2) is 4.98 Å². The Kier molecular flexibility index (Phi) is 4.02. The zero-order valence-electron chi connectivity index (χ0n) is 13.4. The van der Waals surface area contributed by atoms with E-state index in [1.54, 1.807) is 6.33 Å². The minimum absolute atomic E-state index is 0.134. The fourth-order valence-corrected chi connectivity index (χ4v) is 3.20. The Bertz CT molecular complexity index is 1010. The van der Waals surface area contributed by atoms with Crippen molar-refractivity contribution in [1.29, 1.82) is 0 Å². The summed E-state index contributed by atoms with van der Waals surface area (Å²) in [6.45, 7) is 2.04. The number of carbonyl (C=O) groups excluding carboxylic acids is 1. The number of nitrogens with one attached hydrogen (secondary N) is 1. The van der Waals surface area contributed by atoms with Gasteiger partial charge in [-0.2, -0.15) is 4.98 Å². The Labute approximate surface area is 147 Å². The predicted molar refractivity (Wildman–Crippen MR) is 93.9 cm³/mol. The van der Waals surface area contributed by atoms with Gasteiger partial charge in [0.2, 0.25) is 5.91 Å². The summed E-state index contributed by atoms with van der Waals surface area (Å²) < 4.78 is 7.06. The molecule has 3 aromatic heterocycles. The summed E-state index contributed by atoms with van der Waals surface area (Å²) in [7, 11) is 0. The molecule has 7 nitrogen and oxygen atoms in total. The van der Waals surface area contributed by atoms with Crippen molar-refractivity contribution in [3.63, 3.8) is 0 Å². The van der Waals surface area contributed by atoms with Crippen molar-refractivity contribution in [1.82, 2.24) is 25.0 Å². The third-order valence-electron chi connectivity index (χ3n) is 3.90. The van der Waals surface area contributed by atoms with Gasteiger partial charge in [0.25, 0.3) is 5.89 Å². The summed E-state index contributed by atoms with van der Waals surface area (Å²) in [6, 6.07) is 11.1. The fraction of sp³-hybridized carbons (Fsp3) is 0.176. The molecular weight excluding hydrogens is 338 g/mol. The number of hydrogen-bond acceptors (Lipinski definition) is 6. The normalized spacial score (nSPS) is 12.4. The molecule has 0 aliphatic heterocycles. The van der Waals surface area contributed by atoms with Crippen LogP contribution in [0.15, 0.2) is 52.6 Å². The molecule has 0 spiro atoms. The Balaban J connectivity index is 1.43. The number of benzene rings is 1. The molecule has 1 atom stereocenters. The lowest BCUT2D eigenvalue weighted by Gasteiger charge is -2.13. The van der Waals surface area contributed by atoms with Crippen LogP contribution in [-0.4, -0.2) is 25.6 Å². The third kappa shape index (κ3) is 3.03. The molecule has 1 amide bonds. The first kappa shape index (κ1) is 15.5. The van der Waals surface area contributed by atoms with Crippen molar-refractivity contribution >= 4 is 28.3 Å². The van der Waals surface area contributed by atoms with Gasteiger partial charge >= 0.3 is 0 Å². The number of nitrogens with zero attached hydrogens (tertiary/aromatic N) is 4. The SMILES string of the molecule is CC(C(=O)NCc1noc(-c2cccs2)n1)n1cnc2ccccc21. The van der Waals surface area contributed by atoms with Crippen molar-refractivity contribution in [3.05, 3.63) is 53.9 Å². The molecule has 8 heteroatoms. The van der Waals surface area contributed by atoms with Gasteiger partial charge in [0.15, 0.2) is 5.82 Å². The van der Waals surface area contributed by atoms with E-state index < -0.39 is 6.04 Å². The van der Waals surface area contributed by atoms with Gasteiger partial charge in [-0.05, 0) is 30.5 Å². The molecular formula is C17H15N5O2S. The maximum absolute atomic E-state index is 12.5. The summed E-state index contributed by atoms with van der Waals surface area (Å²) in [5.74, 6) is 0.776. The quantitative estimate of drug-likeness (QED) is 0.596. The first-order valence-electron chi connectivity index (χ1n) is 7.78. The van der Waals surface area contributed by atoms with E-state index in [0.717, 1.165) is 15.9 Å². The van der Waals surface area contributed by atoms with Gasteiger partial charge in [0.1, 0.15) is 6.04 Å². The maximum Gasteiger partial charge on any atom is 0.268 e. The van der Waals surface area contributed by atoms with E-state index >= 15 is 0 Å². The molecule has 0 saturated carbocycles. The van der Waals surface area contributed by atoms with Crippen molar-refractivity contribution in [3.8, 4) is 10.8 Å². The Morgan fingerprint density at radius 1 is 1.32 bits per heavy atom. The van der Waals surface area contributed by atoms with Gasteiger partial charge < -0.3 is 14.4 Å². The van der Waals surface area contributed by atoms with Gasteiger partial charge in [-0.3, -0.25) is 4.79 Å². The molecule has 4 aromatic rings. The highest BCUT2D eigenvalue weighted by Crippen LogP contribution is 2.22. The van der Waals surface area contributed by atoms with Crippen molar-refractivity contribution < 1.29 is 9.32 Å². The van der Waals surface area contributed by atoms with Crippen LogP contribution in [0, 0.1) is 0 Å². The molecule has 25 heavy (non-hydrogen) atoms. The Morgan fingerprint density at radius 2 is 2.20 bits per heavy atom. The van der Waals surface area contributed by atoms with Gasteiger partial charge in [-0.15, -0.1) is 11.3 Å². The van der Waals surface area contributed by atoms with Crippen LogP contribution in [0.5, 0.6) is 0 Å².